The molecule has 0 radical (unpaired) electrons. The Hall–Kier alpha value is -0.610. The van der Waals surface area contributed by atoms with Crippen LogP contribution in [0, 0.1) is 11.8 Å². The number of nitrogens with two attached hydrogens (primary N) is 1. The van der Waals surface area contributed by atoms with Crippen LogP contribution in [0.1, 0.15) is 13.8 Å². The summed E-state index contributed by atoms with van der Waals surface area (Å²) in [5.74, 6) is -0.536. The number of hydrogen-bond acceptors (Lipinski definition) is 3. The fourth-order valence-corrected chi connectivity index (χ4v) is 1.71. The number of nitrogens with zero attached hydrogens (tertiary/aromatic N) is 1. The van der Waals surface area contributed by atoms with Crippen molar-refractivity contribution in [3.63, 3.8) is 0 Å². The Morgan fingerprint density at radius 1 is 1.69 bits per heavy atom. The van der Waals surface area contributed by atoms with Crippen LogP contribution in [0.4, 0.5) is 0 Å². The van der Waals surface area contributed by atoms with Gasteiger partial charge in [0.05, 0.1) is 5.92 Å². The number of carboxylic acids is 1. The molecule has 0 amide bonds. The highest BCUT2D eigenvalue weighted by Gasteiger charge is 2.28. The van der Waals surface area contributed by atoms with Gasteiger partial charge < -0.3 is 15.7 Å². The average Bonchev–Trinajstić information content (AvgIpc) is 2.31. The van der Waals surface area contributed by atoms with Crippen molar-refractivity contribution in [1.82, 2.24) is 4.90 Å². The summed E-state index contributed by atoms with van der Waals surface area (Å²) in [6.07, 6.45) is 0. The first-order valence-corrected chi connectivity index (χ1v) is 4.71. The van der Waals surface area contributed by atoms with Crippen molar-refractivity contribution in [2.75, 3.05) is 19.6 Å². The molecule has 1 saturated heterocycles. The van der Waals surface area contributed by atoms with E-state index < -0.39 is 5.97 Å². The number of carboxylic acid groups (broad SMARTS) is 1. The van der Waals surface area contributed by atoms with E-state index >= 15 is 0 Å². The molecule has 0 aromatic heterocycles. The summed E-state index contributed by atoms with van der Waals surface area (Å²) >= 11 is 0. The molecule has 3 unspecified atom stereocenters. The zero-order valence-corrected chi connectivity index (χ0v) is 8.23. The maximum Gasteiger partial charge on any atom is 0.307 e. The number of carbonyl (C=O) groups is 1. The highest BCUT2D eigenvalue weighted by atomic mass is 16.4. The zero-order valence-electron chi connectivity index (χ0n) is 8.23. The topological polar surface area (TPSA) is 66.6 Å². The van der Waals surface area contributed by atoms with E-state index in [9.17, 15) is 4.79 Å². The van der Waals surface area contributed by atoms with Crippen molar-refractivity contribution in [3.05, 3.63) is 0 Å². The lowest BCUT2D eigenvalue weighted by Gasteiger charge is -2.17. The molecule has 4 heteroatoms. The fraction of sp³-hybridized carbons (Fsp3) is 0.889. The molecule has 0 aliphatic carbocycles. The van der Waals surface area contributed by atoms with Gasteiger partial charge in [-0.2, -0.15) is 0 Å². The van der Waals surface area contributed by atoms with Crippen LogP contribution in [0.3, 0.4) is 0 Å². The van der Waals surface area contributed by atoms with Gasteiger partial charge in [0, 0.05) is 25.7 Å². The van der Waals surface area contributed by atoms with Crippen molar-refractivity contribution in [3.8, 4) is 0 Å². The van der Waals surface area contributed by atoms with Crippen LogP contribution in [0.15, 0.2) is 0 Å². The van der Waals surface area contributed by atoms with E-state index in [1.54, 1.807) is 6.92 Å². The Kier molecular flexibility index (Phi) is 3.27. The zero-order chi connectivity index (χ0) is 10.0. The second kappa shape index (κ2) is 4.07. The van der Waals surface area contributed by atoms with Crippen molar-refractivity contribution in [2.45, 2.75) is 19.9 Å². The van der Waals surface area contributed by atoms with Gasteiger partial charge in [0.1, 0.15) is 0 Å². The Labute approximate surface area is 78.7 Å². The molecule has 1 aliphatic heterocycles. The van der Waals surface area contributed by atoms with Gasteiger partial charge in [-0.25, -0.2) is 0 Å². The molecule has 3 atom stereocenters. The van der Waals surface area contributed by atoms with Gasteiger partial charge in [0.2, 0.25) is 0 Å². The Bertz CT molecular complexity index is 186. The predicted octanol–water partition coefficient (Wildman–Crippen LogP) is -0.0139. The van der Waals surface area contributed by atoms with Crippen LogP contribution < -0.4 is 5.73 Å². The highest BCUT2D eigenvalue weighted by molar-refractivity contribution is 5.69. The first-order valence-electron chi connectivity index (χ1n) is 4.71. The third-order valence-corrected chi connectivity index (χ3v) is 2.70. The first kappa shape index (κ1) is 10.5. The van der Waals surface area contributed by atoms with E-state index in [-0.39, 0.29) is 12.0 Å². The van der Waals surface area contributed by atoms with Crippen molar-refractivity contribution in [1.29, 1.82) is 0 Å². The van der Waals surface area contributed by atoms with E-state index in [1.165, 1.54) is 0 Å². The van der Waals surface area contributed by atoms with Gasteiger partial charge in [0.25, 0.3) is 0 Å². The molecule has 0 bridgehead atoms. The minimum atomic E-state index is -0.729. The number of aliphatic carboxylic acids is 1. The molecule has 13 heavy (non-hydrogen) atoms. The van der Waals surface area contributed by atoms with E-state index in [0.717, 1.165) is 13.1 Å². The monoisotopic (exact) mass is 186 g/mol. The van der Waals surface area contributed by atoms with E-state index in [2.05, 4.69) is 11.8 Å². The highest BCUT2D eigenvalue weighted by Crippen LogP contribution is 2.15. The van der Waals surface area contributed by atoms with E-state index in [0.29, 0.717) is 12.5 Å². The van der Waals surface area contributed by atoms with Crippen molar-refractivity contribution < 1.29 is 9.90 Å². The summed E-state index contributed by atoms with van der Waals surface area (Å²) < 4.78 is 0. The lowest BCUT2D eigenvalue weighted by molar-refractivity contribution is -0.141. The van der Waals surface area contributed by atoms with Crippen LogP contribution >= 0.6 is 0 Å². The SMILES string of the molecule is CC(CN1CC(C)C(N)C1)C(=O)O. The fourth-order valence-electron chi connectivity index (χ4n) is 1.71. The molecule has 76 valence electrons. The van der Waals surface area contributed by atoms with E-state index in [4.69, 9.17) is 10.8 Å². The Morgan fingerprint density at radius 2 is 2.31 bits per heavy atom. The molecule has 0 saturated carbocycles. The summed E-state index contributed by atoms with van der Waals surface area (Å²) in [5.41, 5.74) is 5.83. The number of hydrogen-bond donors (Lipinski definition) is 2. The third-order valence-electron chi connectivity index (χ3n) is 2.70. The number of likely N-dealkylation sites (tertiary alicyclic amines) is 1. The van der Waals surface area contributed by atoms with Gasteiger partial charge in [-0.15, -0.1) is 0 Å². The first-order chi connectivity index (χ1) is 6.00. The summed E-state index contributed by atoms with van der Waals surface area (Å²) in [7, 11) is 0. The lowest BCUT2D eigenvalue weighted by atomic mass is 10.1. The molecule has 0 aromatic rings. The molecule has 1 rings (SSSR count). The van der Waals surface area contributed by atoms with Crippen LogP contribution in [0.25, 0.3) is 0 Å². The minimum Gasteiger partial charge on any atom is -0.481 e. The summed E-state index contributed by atoms with van der Waals surface area (Å²) in [6.45, 7) is 6.22. The number of rotatable bonds is 3. The largest absolute Gasteiger partial charge is 0.481 e. The maximum atomic E-state index is 10.6. The van der Waals surface area contributed by atoms with Gasteiger partial charge in [-0.1, -0.05) is 13.8 Å². The summed E-state index contributed by atoms with van der Waals surface area (Å²) in [6, 6.07) is 0.209. The predicted molar refractivity (Wildman–Crippen MR) is 50.4 cm³/mol. The van der Waals surface area contributed by atoms with Gasteiger partial charge in [0.15, 0.2) is 0 Å². The van der Waals surface area contributed by atoms with Crippen LogP contribution in [0.5, 0.6) is 0 Å². The molecule has 1 fully saturated rings. The van der Waals surface area contributed by atoms with Crippen LogP contribution in [-0.2, 0) is 4.79 Å². The lowest BCUT2D eigenvalue weighted by Crippen LogP contribution is -2.32. The van der Waals surface area contributed by atoms with Crippen LogP contribution in [0.2, 0.25) is 0 Å². The molecule has 0 spiro atoms. The Balaban J connectivity index is 2.35. The second-order valence-electron chi connectivity index (χ2n) is 4.10. The quantitative estimate of drug-likeness (QED) is 0.650. The Morgan fingerprint density at radius 3 is 2.69 bits per heavy atom. The maximum absolute atomic E-state index is 10.6. The smallest absolute Gasteiger partial charge is 0.307 e. The van der Waals surface area contributed by atoms with Crippen LogP contribution in [-0.4, -0.2) is 41.7 Å². The molecule has 1 aliphatic rings. The molecular weight excluding hydrogens is 168 g/mol. The second-order valence-corrected chi connectivity index (χ2v) is 4.10. The molecule has 3 N–H and O–H groups in total. The molecular formula is C9H18N2O2. The minimum absolute atomic E-state index is 0.209. The van der Waals surface area contributed by atoms with Gasteiger partial charge >= 0.3 is 5.97 Å². The van der Waals surface area contributed by atoms with Gasteiger partial charge in [-0.05, 0) is 5.92 Å². The van der Waals surface area contributed by atoms with Gasteiger partial charge in [-0.3, -0.25) is 4.79 Å². The standard InChI is InChI=1S/C9H18N2O2/c1-6-3-11(5-8(6)10)4-7(2)9(12)13/h6-8H,3-5,10H2,1-2H3,(H,12,13). The summed E-state index contributed by atoms with van der Waals surface area (Å²) in [4.78, 5) is 12.7. The summed E-state index contributed by atoms with van der Waals surface area (Å²) in [5, 5.41) is 8.72. The normalized spacial score (nSPS) is 31.9. The molecule has 4 nitrogen and oxygen atoms in total. The molecule has 0 aromatic carbocycles. The average molecular weight is 186 g/mol. The van der Waals surface area contributed by atoms with E-state index in [1.807, 2.05) is 0 Å². The third kappa shape index (κ3) is 2.67. The molecule has 1 heterocycles. The van der Waals surface area contributed by atoms with Crippen molar-refractivity contribution >= 4 is 5.97 Å². The van der Waals surface area contributed by atoms with Crippen molar-refractivity contribution in [2.24, 2.45) is 17.6 Å².